The smallest absolute Gasteiger partial charge is 0.242 e. The Morgan fingerprint density at radius 3 is 2.43 bits per heavy atom. The predicted octanol–water partition coefficient (Wildman–Crippen LogP) is 5.75. The van der Waals surface area contributed by atoms with Gasteiger partial charge in [-0.3, -0.25) is 9.69 Å². The number of para-hydroxylation sites is 2. The van der Waals surface area contributed by atoms with Gasteiger partial charge in [0.15, 0.2) is 0 Å². The summed E-state index contributed by atoms with van der Waals surface area (Å²) in [5, 5.41) is 10.3. The van der Waals surface area contributed by atoms with Gasteiger partial charge >= 0.3 is 0 Å². The topological polar surface area (TPSA) is 57.0 Å². The molecule has 4 nitrogen and oxygen atoms in total. The molecule has 1 amide bonds. The summed E-state index contributed by atoms with van der Waals surface area (Å²) in [6.45, 7) is 0. The fourth-order valence-corrected chi connectivity index (χ4v) is 5.85. The standard InChI is InChI=1S/C24H19N3OS2/c25-14-17-13-16-7-1-2-8-18(16)26-24(17)29-15-23(28)27-19-9-3-5-11-21(19)30-22-12-6-4-10-20(22)27/h3-6,9-13H,1-2,7-8,15H2. The average Bonchev–Trinajstić information content (AvgIpc) is 2.80. The van der Waals surface area contributed by atoms with Crippen LogP contribution in [0, 0.1) is 11.3 Å². The number of carbonyl (C=O) groups is 1. The van der Waals surface area contributed by atoms with Crippen molar-refractivity contribution in [3.8, 4) is 6.07 Å². The normalized spacial score (nSPS) is 14.3. The molecule has 0 unspecified atom stereocenters. The monoisotopic (exact) mass is 429 g/mol. The highest BCUT2D eigenvalue weighted by molar-refractivity contribution is 8.00. The number of nitrogens with zero attached hydrogens (tertiary/aromatic N) is 3. The predicted molar refractivity (Wildman–Crippen MR) is 120 cm³/mol. The van der Waals surface area contributed by atoms with Crippen LogP contribution in [0.15, 0.2) is 69.4 Å². The molecule has 1 aliphatic heterocycles. The number of nitriles is 1. The maximum Gasteiger partial charge on any atom is 0.242 e. The number of thioether (sulfide) groups is 1. The number of rotatable bonds is 3. The molecule has 0 saturated heterocycles. The molecule has 2 aliphatic rings. The molecule has 148 valence electrons. The minimum absolute atomic E-state index is 0.0105. The van der Waals surface area contributed by atoms with Crippen molar-refractivity contribution in [2.75, 3.05) is 10.7 Å². The first kappa shape index (κ1) is 19.2. The molecule has 0 atom stereocenters. The molecule has 30 heavy (non-hydrogen) atoms. The van der Waals surface area contributed by atoms with Crippen LogP contribution in [0.4, 0.5) is 11.4 Å². The number of hydrogen-bond donors (Lipinski definition) is 0. The molecular weight excluding hydrogens is 410 g/mol. The van der Waals surface area contributed by atoms with Gasteiger partial charge in [0.25, 0.3) is 0 Å². The SMILES string of the molecule is N#Cc1cc2c(nc1SCC(=O)N1c3ccccc3Sc3ccccc31)CCCC2. The van der Waals surface area contributed by atoms with E-state index >= 15 is 0 Å². The first-order valence-corrected chi connectivity index (χ1v) is 11.8. The van der Waals surface area contributed by atoms with Crippen LogP contribution in [0.2, 0.25) is 0 Å². The molecule has 0 bridgehead atoms. The number of aromatic nitrogens is 1. The first-order valence-electron chi connectivity index (χ1n) is 9.99. The summed E-state index contributed by atoms with van der Waals surface area (Å²) in [6, 6.07) is 20.2. The maximum absolute atomic E-state index is 13.4. The van der Waals surface area contributed by atoms with E-state index in [9.17, 15) is 10.1 Å². The first-order chi connectivity index (χ1) is 14.7. The largest absolute Gasteiger partial charge is 0.278 e. The molecule has 0 N–H and O–H groups in total. The van der Waals surface area contributed by atoms with E-state index in [1.807, 2.05) is 54.6 Å². The van der Waals surface area contributed by atoms with Crippen molar-refractivity contribution in [1.82, 2.24) is 4.98 Å². The van der Waals surface area contributed by atoms with E-state index in [4.69, 9.17) is 4.98 Å². The van der Waals surface area contributed by atoms with Crippen molar-refractivity contribution in [3.05, 3.63) is 71.4 Å². The number of amides is 1. The Kier molecular flexibility index (Phi) is 5.24. The van der Waals surface area contributed by atoms with Crippen molar-refractivity contribution in [3.63, 3.8) is 0 Å². The summed E-state index contributed by atoms with van der Waals surface area (Å²) < 4.78 is 0. The van der Waals surface area contributed by atoms with Gasteiger partial charge in [0, 0.05) is 15.5 Å². The number of hydrogen-bond acceptors (Lipinski definition) is 5. The summed E-state index contributed by atoms with van der Waals surface area (Å²) in [5.74, 6) is 0.219. The van der Waals surface area contributed by atoms with E-state index in [2.05, 4.69) is 6.07 Å². The third kappa shape index (κ3) is 3.49. The van der Waals surface area contributed by atoms with Gasteiger partial charge in [0.2, 0.25) is 5.91 Å². The van der Waals surface area contributed by atoms with E-state index in [-0.39, 0.29) is 11.7 Å². The number of benzene rings is 2. The lowest BCUT2D eigenvalue weighted by molar-refractivity contribution is -0.115. The number of aryl methyl sites for hydroxylation is 2. The summed E-state index contributed by atoms with van der Waals surface area (Å²) in [4.78, 5) is 22.1. The molecule has 6 heteroatoms. The number of carbonyl (C=O) groups excluding carboxylic acids is 1. The second-order valence-electron chi connectivity index (χ2n) is 7.32. The molecule has 2 heterocycles. The lowest BCUT2D eigenvalue weighted by Gasteiger charge is -2.31. The molecule has 1 aliphatic carbocycles. The van der Waals surface area contributed by atoms with Gasteiger partial charge in [-0.15, -0.1) is 0 Å². The Labute approximate surface area is 184 Å². The molecule has 5 rings (SSSR count). The lowest BCUT2D eigenvalue weighted by atomic mass is 9.95. The Bertz CT molecular complexity index is 1140. The quantitative estimate of drug-likeness (QED) is 0.496. The van der Waals surface area contributed by atoms with Crippen LogP contribution in [0.25, 0.3) is 0 Å². The molecule has 0 saturated carbocycles. The highest BCUT2D eigenvalue weighted by Gasteiger charge is 2.28. The van der Waals surface area contributed by atoms with Crippen molar-refractivity contribution in [2.45, 2.75) is 40.5 Å². The third-order valence-electron chi connectivity index (χ3n) is 5.40. The molecule has 1 aromatic heterocycles. The van der Waals surface area contributed by atoms with E-state index in [0.717, 1.165) is 52.5 Å². The van der Waals surface area contributed by atoms with Crippen LogP contribution >= 0.6 is 23.5 Å². The second-order valence-corrected chi connectivity index (χ2v) is 9.37. The third-order valence-corrected chi connectivity index (χ3v) is 7.51. The molecule has 2 aromatic carbocycles. The Morgan fingerprint density at radius 1 is 1.07 bits per heavy atom. The summed E-state index contributed by atoms with van der Waals surface area (Å²) in [5.41, 5.74) is 4.66. The highest BCUT2D eigenvalue weighted by atomic mass is 32.2. The van der Waals surface area contributed by atoms with E-state index < -0.39 is 0 Å². The van der Waals surface area contributed by atoms with E-state index in [1.54, 1.807) is 16.7 Å². The van der Waals surface area contributed by atoms with Gasteiger partial charge in [-0.05, 0) is 61.6 Å². The van der Waals surface area contributed by atoms with Crippen molar-refractivity contribution >= 4 is 40.8 Å². The van der Waals surface area contributed by atoms with Crippen molar-refractivity contribution < 1.29 is 4.79 Å². The zero-order valence-corrected chi connectivity index (χ0v) is 17.9. The maximum atomic E-state index is 13.4. The summed E-state index contributed by atoms with van der Waals surface area (Å²) in [6.07, 6.45) is 4.22. The molecular formula is C24H19N3OS2. The van der Waals surface area contributed by atoms with Crippen molar-refractivity contribution in [2.24, 2.45) is 0 Å². The van der Waals surface area contributed by atoms with E-state index in [0.29, 0.717) is 10.6 Å². The van der Waals surface area contributed by atoms with Gasteiger partial charge in [0.05, 0.1) is 22.7 Å². The summed E-state index contributed by atoms with van der Waals surface area (Å²) in [7, 11) is 0. The molecule has 3 aromatic rings. The van der Waals surface area contributed by atoms with Crippen LogP contribution in [-0.2, 0) is 17.6 Å². The Morgan fingerprint density at radius 2 is 1.73 bits per heavy atom. The minimum atomic E-state index is -0.0105. The van der Waals surface area contributed by atoms with Crippen LogP contribution in [0.5, 0.6) is 0 Å². The van der Waals surface area contributed by atoms with Gasteiger partial charge in [0.1, 0.15) is 11.1 Å². The minimum Gasteiger partial charge on any atom is -0.278 e. The van der Waals surface area contributed by atoms with Crippen LogP contribution < -0.4 is 4.90 Å². The van der Waals surface area contributed by atoms with Crippen LogP contribution in [0.1, 0.15) is 29.7 Å². The average molecular weight is 430 g/mol. The molecule has 0 radical (unpaired) electrons. The van der Waals surface area contributed by atoms with Gasteiger partial charge in [-0.1, -0.05) is 47.8 Å². The number of anilines is 2. The van der Waals surface area contributed by atoms with Gasteiger partial charge < -0.3 is 0 Å². The van der Waals surface area contributed by atoms with Crippen molar-refractivity contribution in [1.29, 1.82) is 5.26 Å². The Balaban J connectivity index is 1.44. The highest BCUT2D eigenvalue weighted by Crippen LogP contribution is 2.48. The molecule has 0 spiro atoms. The van der Waals surface area contributed by atoms with Gasteiger partial charge in [-0.2, -0.15) is 5.26 Å². The second kappa shape index (κ2) is 8.17. The van der Waals surface area contributed by atoms with E-state index in [1.165, 1.54) is 17.3 Å². The number of fused-ring (bicyclic) bond motifs is 3. The van der Waals surface area contributed by atoms with Crippen LogP contribution in [-0.4, -0.2) is 16.6 Å². The zero-order chi connectivity index (χ0) is 20.5. The van der Waals surface area contributed by atoms with Gasteiger partial charge in [-0.25, -0.2) is 4.98 Å². The lowest BCUT2D eigenvalue weighted by Crippen LogP contribution is -2.30. The number of pyridine rings is 1. The zero-order valence-electron chi connectivity index (χ0n) is 16.3. The Hall–Kier alpha value is -2.75. The fraction of sp³-hybridized carbons (Fsp3) is 0.208. The van der Waals surface area contributed by atoms with Crippen LogP contribution in [0.3, 0.4) is 0 Å². The fourth-order valence-electron chi connectivity index (χ4n) is 3.97. The molecule has 0 fully saturated rings. The summed E-state index contributed by atoms with van der Waals surface area (Å²) >= 11 is 3.05.